The zero-order valence-corrected chi connectivity index (χ0v) is 17.8. The van der Waals surface area contributed by atoms with Crippen molar-refractivity contribution in [1.82, 2.24) is 14.5 Å². The van der Waals surface area contributed by atoms with Crippen molar-refractivity contribution in [3.05, 3.63) is 86.3 Å². The molecule has 8 heteroatoms. The monoisotopic (exact) mass is 469 g/mol. The Bertz CT molecular complexity index is 1260. The molecule has 0 saturated heterocycles. The maximum Gasteiger partial charge on any atom is 0.264 e. The molecule has 0 spiro atoms. The van der Waals surface area contributed by atoms with Crippen molar-refractivity contribution in [2.45, 2.75) is 13.0 Å². The van der Waals surface area contributed by atoms with E-state index in [0.717, 1.165) is 16.8 Å². The molecule has 4 aromatic rings. The lowest BCUT2D eigenvalue weighted by molar-refractivity contribution is 0.772. The number of anilines is 2. The topological polar surface area (TPSA) is 85.8 Å². The van der Waals surface area contributed by atoms with Gasteiger partial charge in [0.05, 0.1) is 20.9 Å². The second-order valence-corrected chi connectivity index (χ2v) is 7.80. The standard InChI is InChI=1S/C21H17BrClN5O/c1-12(26-19-15(22)11-25-21(24)27-19)17-10-13-6-5-9-16(23)18(13)20(29)28(17)14-7-3-2-4-8-14/h2-12H,1H3,(H3,24,25,26,27)/t12-/m0/s1. The number of pyridine rings is 1. The first-order valence-corrected chi connectivity index (χ1v) is 10.1. The van der Waals surface area contributed by atoms with E-state index in [4.69, 9.17) is 17.3 Å². The highest BCUT2D eigenvalue weighted by Crippen LogP contribution is 2.28. The van der Waals surface area contributed by atoms with E-state index < -0.39 is 0 Å². The largest absolute Gasteiger partial charge is 0.368 e. The van der Waals surface area contributed by atoms with Gasteiger partial charge in [0.15, 0.2) is 0 Å². The number of halogens is 2. The predicted octanol–water partition coefficient (Wildman–Crippen LogP) is 4.95. The molecule has 3 N–H and O–H groups in total. The molecule has 2 aromatic heterocycles. The number of nitrogen functional groups attached to an aromatic ring is 1. The molecule has 29 heavy (non-hydrogen) atoms. The average Bonchev–Trinajstić information content (AvgIpc) is 2.71. The van der Waals surface area contributed by atoms with Gasteiger partial charge in [-0.25, -0.2) is 4.98 Å². The Morgan fingerprint density at radius 3 is 2.69 bits per heavy atom. The summed E-state index contributed by atoms with van der Waals surface area (Å²) in [5, 5.41) is 5.00. The summed E-state index contributed by atoms with van der Waals surface area (Å²) in [5.74, 6) is 0.705. The minimum absolute atomic E-state index is 0.161. The van der Waals surface area contributed by atoms with Crippen LogP contribution in [0.2, 0.25) is 5.02 Å². The van der Waals surface area contributed by atoms with E-state index in [1.54, 1.807) is 16.8 Å². The Morgan fingerprint density at radius 2 is 1.93 bits per heavy atom. The van der Waals surface area contributed by atoms with Gasteiger partial charge >= 0.3 is 0 Å². The third-order valence-corrected chi connectivity index (χ3v) is 5.49. The van der Waals surface area contributed by atoms with Crippen LogP contribution in [0.3, 0.4) is 0 Å². The predicted molar refractivity (Wildman–Crippen MR) is 121 cm³/mol. The van der Waals surface area contributed by atoms with Gasteiger partial charge in [0.25, 0.3) is 5.56 Å². The normalized spacial score (nSPS) is 12.1. The van der Waals surface area contributed by atoms with Gasteiger partial charge in [-0.05, 0) is 52.5 Å². The van der Waals surface area contributed by atoms with Crippen LogP contribution in [0, 0.1) is 0 Å². The minimum atomic E-state index is -0.267. The fourth-order valence-corrected chi connectivity index (χ4v) is 3.83. The lowest BCUT2D eigenvalue weighted by Crippen LogP contribution is -2.26. The molecule has 0 aliphatic carbocycles. The molecule has 2 aromatic carbocycles. The number of nitrogens with two attached hydrogens (primary N) is 1. The van der Waals surface area contributed by atoms with Gasteiger partial charge in [-0.1, -0.05) is 41.9 Å². The summed E-state index contributed by atoms with van der Waals surface area (Å²) in [6.45, 7) is 1.95. The van der Waals surface area contributed by atoms with Crippen LogP contribution in [0.4, 0.5) is 11.8 Å². The SMILES string of the molecule is C[C@H](Nc1nc(N)ncc1Br)c1cc2cccc(Cl)c2c(=O)n1-c1ccccc1. The van der Waals surface area contributed by atoms with Crippen molar-refractivity contribution in [3.63, 3.8) is 0 Å². The lowest BCUT2D eigenvalue weighted by Gasteiger charge is -2.22. The van der Waals surface area contributed by atoms with E-state index in [2.05, 4.69) is 31.2 Å². The van der Waals surface area contributed by atoms with Crippen molar-refractivity contribution in [3.8, 4) is 5.69 Å². The summed E-state index contributed by atoms with van der Waals surface area (Å²) in [6, 6.07) is 16.6. The summed E-state index contributed by atoms with van der Waals surface area (Å²) in [4.78, 5) is 21.6. The Labute approximate surface area is 180 Å². The number of benzene rings is 2. The van der Waals surface area contributed by atoms with Crippen molar-refractivity contribution in [2.75, 3.05) is 11.1 Å². The van der Waals surface area contributed by atoms with Crippen LogP contribution in [0.5, 0.6) is 0 Å². The highest BCUT2D eigenvalue weighted by Gasteiger charge is 2.19. The van der Waals surface area contributed by atoms with Crippen molar-refractivity contribution >= 4 is 50.1 Å². The van der Waals surface area contributed by atoms with Gasteiger partial charge in [-0.3, -0.25) is 9.36 Å². The molecule has 146 valence electrons. The molecule has 0 fully saturated rings. The van der Waals surface area contributed by atoms with Crippen LogP contribution >= 0.6 is 27.5 Å². The molecule has 4 rings (SSSR count). The maximum atomic E-state index is 13.4. The van der Waals surface area contributed by atoms with E-state index in [1.807, 2.05) is 55.5 Å². The van der Waals surface area contributed by atoms with Crippen molar-refractivity contribution < 1.29 is 0 Å². The number of aromatic nitrogens is 3. The first-order chi connectivity index (χ1) is 14.0. The van der Waals surface area contributed by atoms with E-state index in [-0.39, 0.29) is 17.5 Å². The molecule has 0 bridgehead atoms. The molecule has 0 aliphatic heterocycles. The highest BCUT2D eigenvalue weighted by atomic mass is 79.9. The van der Waals surface area contributed by atoms with E-state index in [9.17, 15) is 4.79 Å². The molecular weight excluding hydrogens is 454 g/mol. The number of nitrogens with zero attached hydrogens (tertiary/aromatic N) is 3. The van der Waals surface area contributed by atoms with E-state index in [0.29, 0.717) is 20.7 Å². The van der Waals surface area contributed by atoms with Gasteiger partial charge in [0, 0.05) is 17.6 Å². The van der Waals surface area contributed by atoms with Gasteiger partial charge in [0.2, 0.25) is 5.95 Å². The molecule has 1 atom stereocenters. The molecule has 2 heterocycles. The first kappa shape index (κ1) is 19.4. The van der Waals surface area contributed by atoms with Crippen LogP contribution < -0.4 is 16.6 Å². The second-order valence-electron chi connectivity index (χ2n) is 6.54. The fourth-order valence-electron chi connectivity index (χ4n) is 3.26. The Balaban J connectivity index is 1.93. The maximum absolute atomic E-state index is 13.4. The van der Waals surface area contributed by atoms with Gasteiger partial charge in [-0.2, -0.15) is 4.98 Å². The Hall–Kier alpha value is -2.90. The number of rotatable bonds is 4. The zero-order chi connectivity index (χ0) is 20.5. The van der Waals surface area contributed by atoms with Gasteiger partial charge < -0.3 is 11.1 Å². The van der Waals surface area contributed by atoms with Crippen LogP contribution in [-0.2, 0) is 0 Å². The highest BCUT2D eigenvalue weighted by molar-refractivity contribution is 9.10. The molecule has 0 radical (unpaired) electrons. The number of hydrogen-bond donors (Lipinski definition) is 2. The summed E-state index contributed by atoms with van der Waals surface area (Å²) >= 11 is 9.79. The molecule has 0 saturated carbocycles. The number of hydrogen-bond acceptors (Lipinski definition) is 5. The number of nitrogens with one attached hydrogen (secondary N) is 1. The van der Waals surface area contributed by atoms with Crippen LogP contribution in [0.15, 0.2) is 70.1 Å². The third kappa shape index (κ3) is 3.71. The molecule has 0 amide bonds. The van der Waals surface area contributed by atoms with Gasteiger partial charge in [0.1, 0.15) is 5.82 Å². The summed E-state index contributed by atoms with van der Waals surface area (Å²) in [6.07, 6.45) is 1.59. The van der Waals surface area contributed by atoms with E-state index >= 15 is 0 Å². The molecular formula is C21H17BrClN5O. The Kier molecular flexibility index (Phi) is 5.25. The second kappa shape index (κ2) is 7.85. The Morgan fingerprint density at radius 1 is 1.17 bits per heavy atom. The summed E-state index contributed by atoms with van der Waals surface area (Å²) < 4.78 is 2.35. The number of fused-ring (bicyclic) bond motifs is 1. The molecule has 6 nitrogen and oxygen atoms in total. The van der Waals surface area contributed by atoms with Crippen molar-refractivity contribution in [2.24, 2.45) is 0 Å². The number of para-hydroxylation sites is 1. The lowest BCUT2D eigenvalue weighted by atomic mass is 10.1. The summed E-state index contributed by atoms with van der Waals surface area (Å²) in [7, 11) is 0. The summed E-state index contributed by atoms with van der Waals surface area (Å²) in [5.41, 5.74) is 7.07. The molecule has 0 unspecified atom stereocenters. The van der Waals surface area contributed by atoms with Gasteiger partial charge in [-0.15, -0.1) is 0 Å². The fraction of sp³-hybridized carbons (Fsp3) is 0.0952. The van der Waals surface area contributed by atoms with Crippen molar-refractivity contribution in [1.29, 1.82) is 0 Å². The third-order valence-electron chi connectivity index (χ3n) is 4.60. The zero-order valence-electron chi connectivity index (χ0n) is 15.4. The quantitative estimate of drug-likeness (QED) is 0.441. The first-order valence-electron chi connectivity index (χ1n) is 8.90. The minimum Gasteiger partial charge on any atom is -0.368 e. The van der Waals surface area contributed by atoms with Crippen LogP contribution in [0.25, 0.3) is 16.5 Å². The van der Waals surface area contributed by atoms with E-state index in [1.165, 1.54) is 0 Å². The van der Waals surface area contributed by atoms with Crippen LogP contribution in [0.1, 0.15) is 18.7 Å². The molecule has 0 aliphatic rings. The smallest absolute Gasteiger partial charge is 0.264 e. The van der Waals surface area contributed by atoms with Crippen LogP contribution in [-0.4, -0.2) is 14.5 Å². The average molecular weight is 471 g/mol.